The number of rotatable bonds is 5. The van der Waals surface area contributed by atoms with E-state index in [4.69, 9.17) is 4.98 Å². The van der Waals surface area contributed by atoms with Gasteiger partial charge < -0.3 is 0 Å². The van der Waals surface area contributed by atoms with Crippen molar-refractivity contribution in [2.24, 2.45) is 0 Å². The molecule has 26 heavy (non-hydrogen) atoms. The van der Waals surface area contributed by atoms with Crippen molar-refractivity contribution in [3.05, 3.63) is 72.2 Å². The van der Waals surface area contributed by atoms with Gasteiger partial charge in [0.1, 0.15) is 11.6 Å². The van der Waals surface area contributed by atoms with E-state index in [-0.39, 0.29) is 0 Å². The van der Waals surface area contributed by atoms with E-state index in [9.17, 15) is 0 Å². The first-order valence-electron chi connectivity index (χ1n) is 9.45. The molecular weight excluding hydrogens is 322 g/mol. The number of aryl methyl sites for hydroxylation is 1. The van der Waals surface area contributed by atoms with Gasteiger partial charge in [-0.2, -0.15) is 0 Å². The summed E-state index contributed by atoms with van der Waals surface area (Å²) in [6.07, 6.45) is 9.02. The van der Waals surface area contributed by atoms with Crippen molar-refractivity contribution in [2.75, 3.05) is 13.1 Å². The van der Waals surface area contributed by atoms with E-state index >= 15 is 0 Å². The first-order chi connectivity index (χ1) is 12.8. The molecule has 1 aliphatic rings. The lowest BCUT2D eigenvalue weighted by molar-refractivity contribution is 0.196. The third-order valence-electron chi connectivity index (χ3n) is 5.07. The van der Waals surface area contributed by atoms with Gasteiger partial charge in [0.2, 0.25) is 0 Å². The zero-order chi connectivity index (χ0) is 17.8. The summed E-state index contributed by atoms with van der Waals surface area (Å²) in [6, 6.07) is 12.5. The third kappa shape index (κ3) is 3.68. The first-order valence-corrected chi connectivity index (χ1v) is 9.45. The normalized spacial score (nSPS) is 18.1. The molecule has 0 amide bonds. The lowest BCUT2D eigenvalue weighted by atomic mass is 9.94. The molecule has 0 radical (unpaired) electrons. The number of piperidine rings is 1. The molecule has 5 heteroatoms. The zero-order valence-electron chi connectivity index (χ0n) is 15.3. The van der Waals surface area contributed by atoms with Crippen LogP contribution in [0.3, 0.4) is 0 Å². The first kappa shape index (κ1) is 16.9. The van der Waals surface area contributed by atoms with Crippen LogP contribution in [-0.4, -0.2) is 37.5 Å². The van der Waals surface area contributed by atoms with E-state index in [0.29, 0.717) is 5.92 Å². The van der Waals surface area contributed by atoms with Gasteiger partial charge in [0.15, 0.2) is 0 Å². The monoisotopic (exact) mass is 347 g/mol. The summed E-state index contributed by atoms with van der Waals surface area (Å²) in [7, 11) is 0. The standard InChI is InChI=1S/C21H25N5/c1-2-20-23-12-14-26(20)21-10-5-9-19(24-21)17-7-6-13-25(15-17)16-18-8-3-4-11-22-18/h3-5,8-12,14,17H,2,6-7,13,15-16H2,1H3/t17-/m0/s1. The fourth-order valence-corrected chi connectivity index (χ4v) is 3.77. The van der Waals surface area contributed by atoms with Crippen LogP contribution in [0.1, 0.15) is 42.9 Å². The minimum Gasteiger partial charge on any atom is -0.297 e. The van der Waals surface area contributed by atoms with Crippen LogP contribution < -0.4 is 0 Å². The van der Waals surface area contributed by atoms with Crippen molar-refractivity contribution in [3.8, 4) is 5.82 Å². The summed E-state index contributed by atoms with van der Waals surface area (Å²) in [5, 5.41) is 0. The van der Waals surface area contributed by atoms with Crippen molar-refractivity contribution in [1.29, 1.82) is 0 Å². The number of hydrogen-bond acceptors (Lipinski definition) is 4. The average molecular weight is 347 g/mol. The topological polar surface area (TPSA) is 46.8 Å². The highest BCUT2D eigenvalue weighted by atomic mass is 15.1. The zero-order valence-corrected chi connectivity index (χ0v) is 15.3. The molecule has 1 atom stereocenters. The number of nitrogens with zero attached hydrogens (tertiary/aromatic N) is 5. The molecule has 4 heterocycles. The van der Waals surface area contributed by atoms with Crippen LogP contribution in [0.5, 0.6) is 0 Å². The van der Waals surface area contributed by atoms with Crippen molar-refractivity contribution in [3.63, 3.8) is 0 Å². The average Bonchev–Trinajstić information content (AvgIpc) is 3.18. The molecule has 0 saturated carbocycles. The van der Waals surface area contributed by atoms with Crippen LogP contribution in [0.2, 0.25) is 0 Å². The highest BCUT2D eigenvalue weighted by Crippen LogP contribution is 2.27. The third-order valence-corrected chi connectivity index (χ3v) is 5.07. The maximum atomic E-state index is 4.97. The molecule has 3 aromatic rings. The van der Waals surface area contributed by atoms with Crippen LogP contribution in [0.25, 0.3) is 5.82 Å². The van der Waals surface area contributed by atoms with Gasteiger partial charge in [-0.3, -0.25) is 14.5 Å². The SMILES string of the molecule is CCc1nccn1-c1cccc([C@H]2CCCN(Cc3ccccn3)C2)n1. The van der Waals surface area contributed by atoms with Crippen LogP contribution in [0, 0.1) is 0 Å². The summed E-state index contributed by atoms with van der Waals surface area (Å²) in [4.78, 5) is 16.4. The summed E-state index contributed by atoms with van der Waals surface area (Å²) >= 11 is 0. The largest absolute Gasteiger partial charge is 0.297 e. The van der Waals surface area contributed by atoms with Crippen LogP contribution in [-0.2, 0) is 13.0 Å². The number of likely N-dealkylation sites (tertiary alicyclic amines) is 1. The van der Waals surface area contributed by atoms with Gasteiger partial charge in [-0.15, -0.1) is 0 Å². The maximum absolute atomic E-state index is 4.97. The Balaban J connectivity index is 1.51. The van der Waals surface area contributed by atoms with E-state index in [1.54, 1.807) is 0 Å². The molecule has 0 N–H and O–H groups in total. The Morgan fingerprint density at radius 3 is 2.88 bits per heavy atom. The van der Waals surface area contributed by atoms with E-state index in [0.717, 1.165) is 43.4 Å². The van der Waals surface area contributed by atoms with Crippen LogP contribution in [0.4, 0.5) is 0 Å². The fraction of sp³-hybridized carbons (Fsp3) is 0.381. The predicted octanol–water partition coefficient (Wildman–Crippen LogP) is 3.60. The van der Waals surface area contributed by atoms with Crippen molar-refractivity contribution in [1.82, 2.24) is 24.4 Å². The number of imidazole rings is 1. The Hall–Kier alpha value is -2.53. The molecule has 1 aliphatic heterocycles. The van der Waals surface area contributed by atoms with Gasteiger partial charge in [0, 0.05) is 49.7 Å². The van der Waals surface area contributed by atoms with Crippen molar-refractivity contribution in [2.45, 2.75) is 38.6 Å². The molecule has 3 aromatic heterocycles. The molecule has 0 aromatic carbocycles. The van der Waals surface area contributed by atoms with Crippen molar-refractivity contribution >= 4 is 0 Å². The molecule has 0 spiro atoms. The Kier molecular flexibility index (Phi) is 5.07. The van der Waals surface area contributed by atoms with Crippen LogP contribution >= 0.6 is 0 Å². The van der Waals surface area contributed by atoms with E-state index in [1.165, 1.54) is 18.5 Å². The molecule has 134 valence electrons. The van der Waals surface area contributed by atoms with Gasteiger partial charge in [-0.1, -0.05) is 19.1 Å². The molecular formula is C21H25N5. The van der Waals surface area contributed by atoms with Gasteiger partial charge in [0.25, 0.3) is 0 Å². The summed E-state index contributed by atoms with van der Waals surface area (Å²) < 4.78 is 2.10. The highest BCUT2D eigenvalue weighted by molar-refractivity contribution is 5.28. The maximum Gasteiger partial charge on any atom is 0.138 e. The molecule has 0 unspecified atom stereocenters. The summed E-state index contributed by atoms with van der Waals surface area (Å²) in [5.74, 6) is 2.50. The number of pyridine rings is 2. The quantitative estimate of drug-likeness (QED) is 0.707. The van der Waals surface area contributed by atoms with Crippen molar-refractivity contribution < 1.29 is 0 Å². The minimum atomic E-state index is 0.473. The minimum absolute atomic E-state index is 0.473. The van der Waals surface area contributed by atoms with E-state index in [1.807, 2.05) is 24.7 Å². The Morgan fingerprint density at radius 2 is 2.04 bits per heavy atom. The molecule has 0 aliphatic carbocycles. The van der Waals surface area contributed by atoms with Gasteiger partial charge in [-0.25, -0.2) is 9.97 Å². The summed E-state index contributed by atoms with van der Waals surface area (Å²) in [5.41, 5.74) is 2.32. The van der Waals surface area contributed by atoms with Crippen LogP contribution in [0.15, 0.2) is 55.0 Å². The lowest BCUT2D eigenvalue weighted by Crippen LogP contribution is -2.34. The number of hydrogen-bond donors (Lipinski definition) is 0. The Morgan fingerprint density at radius 1 is 1.08 bits per heavy atom. The second kappa shape index (κ2) is 7.79. The fourth-order valence-electron chi connectivity index (χ4n) is 3.77. The van der Waals surface area contributed by atoms with E-state index in [2.05, 4.69) is 56.7 Å². The van der Waals surface area contributed by atoms with E-state index < -0.39 is 0 Å². The van der Waals surface area contributed by atoms with Gasteiger partial charge in [0.05, 0.1) is 5.69 Å². The predicted molar refractivity (Wildman–Crippen MR) is 102 cm³/mol. The molecule has 1 fully saturated rings. The number of aromatic nitrogens is 4. The lowest BCUT2D eigenvalue weighted by Gasteiger charge is -2.32. The molecule has 4 rings (SSSR count). The molecule has 0 bridgehead atoms. The highest BCUT2D eigenvalue weighted by Gasteiger charge is 2.23. The molecule has 1 saturated heterocycles. The summed E-state index contributed by atoms with van der Waals surface area (Å²) in [6.45, 7) is 5.21. The molecule has 5 nitrogen and oxygen atoms in total. The Labute approximate surface area is 154 Å². The Bertz CT molecular complexity index is 842. The second-order valence-corrected chi connectivity index (χ2v) is 6.88. The smallest absolute Gasteiger partial charge is 0.138 e. The second-order valence-electron chi connectivity index (χ2n) is 6.88. The van der Waals surface area contributed by atoms with Gasteiger partial charge >= 0.3 is 0 Å². The van der Waals surface area contributed by atoms with Gasteiger partial charge in [-0.05, 0) is 43.7 Å².